The average molecular weight is 322 g/mol. The van der Waals surface area contributed by atoms with Gasteiger partial charge in [-0.05, 0) is 38.1 Å². The van der Waals surface area contributed by atoms with Crippen LogP contribution < -0.4 is 5.73 Å². The minimum atomic E-state index is -0.573. The summed E-state index contributed by atoms with van der Waals surface area (Å²) >= 11 is 0. The van der Waals surface area contributed by atoms with Crippen LogP contribution in [0.1, 0.15) is 28.7 Å². The van der Waals surface area contributed by atoms with Crippen LogP contribution in [0.5, 0.6) is 0 Å². The van der Waals surface area contributed by atoms with Gasteiger partial charge >= 0.3 is 5.97 Å². The molecule has 1 aromatic carbocycles. The van der Waals surface area contributed by atoms with Crippen LogP contribution in [0.3, 0.4) is 0 Å². The molecule has 0 unspecified atom stereocenters. The molecule has 0 saturated carbocycles. The van der Waals surface area contributed by atoms with E-state index in [1.165, 1.54) is 12.8 Å². The number of hydrogen-bond donors (Lipinski definition) is 1. The summed E-state index contributed by atoms with van der Waals surface area (Å²) < 4.78 is 8.63. The maximum Gasteiger partial charge on any atom is 0.357 e. The van der Waals surface area contributed by atoms with Crippen LogP contribution in [0, 0.1) is 18.3 Å². The Morgan fingerprint density at radius 2 is 2.12 bits per heavy atom. The van der Waals surface area contributed by atoms with E-state index in [2.05, 4.69) is 24.5 Å². The molecular weight excluding hydrogens is 304 g/mol. The number of rotatable bonds is 3. The molecule has 0 bridgehead atoms. The largest absolute Gasteiger partial charge is 0.464 e. The molecule has 2 aromatic heterocycles. The Morgan fingerprint density at radius 3 is 2.75 bits per heavy atom. The van der Waals surface area contributed by atoms with Crippen LogP contribution in [0.4, 0.5) is 5.69 Å². The highest BCUT2D eigenvalue weighted by Gasteiger charge is 2.22. The molecule has 0 radical (unpaired) electrons. The standard InChI is InChI=1S/C18H18N4O2/c1-4-21-11(2)7-12-8-14(5-6-15(12)21)22-10-13(9-19)16(20)17(22)18(23)24-3/h5-8,10H,4,20H2,1-3H3. The number of carbonyl (C=O) groups is 1. The highest BCUT2D eigenvalue weighted by atomic mass is 16.5. The van der Waals surface area contributed by atoms with Crippen molar-refractivity contribution < 1.29 is 9.53 Å². The van der Waals surface area contributed by atoms with E-state index in [9.17, 15) is 10.1 Å². The van der Waals surface area contributed by atoms with Crippen molar-refractivity contribution in [3.05, 3.63) is 47.4 Å². The summed E-state index contributed by atoms with van der Waals surface area (Å²) in [5.41, 5.74) is 9.54. The van der Waals surface area contributed by atoms with Crippen LogP contribution in [0.25, 0.3) is 16.6 Å². The number of aryl methyl sites for hydroxylation is 2. The molecule has 2 N–H and O–H groups in total. The number of aromatic nitrogens is 2. The van der Waals surface area contributed by atoms with Gasteiger partial charge in [-0.15, -0.1) is 0 Å². The number of nitrogens with zero attached hydrogens (tertiary/aromatic N) is 3. The Morgan fingerprint density at radius 1 is 1.38 bits per heavy atom. The third kappa shape index (κ3) is 2.22. The fourth-order valence-corrected chi connectivity index (χ4v) is 3.08. The van der Waals surface area contributed by atoms with Gasteiger partial charge in [-0.1, -0.05) is 0 Å². The van der Waals surface area contributed by atoms with Crippen molar-refractivity contribution in [2.45, 2.75) is 20.4 Å². The van der Waals surface area contributed by atoms with E-state index in [0.717, 1.165) is 23.1 Å². The summed E-state index contributed by atoms with van der Waals surface area (Å²) in [6, 6.07) is 9.98. The number of nitriles is 1. The number of benzene rings is 1. The number of carbonyl (C=O) groups excluding carboxylic acids is 1. The third-order valence-corrected chi connectivity index (χ3v) is 4.23. The maximum absolute atomic E-state index is 12.1. The number of esters is 1. The number of anilines is 1. The minimum Gasteiger partial charge on any atom is -0.464 e. The number of ether oxygens (including phenoxy) is 1. The quantitative estimate of drug-likeness (QED) is 0.751. The number of hydrogen-bond acceptors (Lipinski definition) is 4. The molecule has 6 heteroatoms. The highest BCUT2D eigenvalue weighted by molar-refractivity contribution is 5.96. The van der Waals surface area contributed by atoms with E-state index < -0.39 is 5.97 Å². The van der Waals surface area contributed by atoms with Crippen molar-refractivity contribution in [1.29, 1.82) is 5.26 Å². The summed E-state index contributed by atoms with van der Waals surface area (Å²) in [5.74, 6) is -0.573. The van der Waals surface area contributed by atoms with Crippen LogP contribution in [-0.2, 0) is 11.3 Å². The van der Waals surface area contributed by atoms with Gasteiger partial charge in [-0.25, -0.2) is 4.79 Å². The van der Waals surface area contributed by atoms with E-state index in [-0.39, 0.29) is 16.9 Å². The van der Waals surface area contributed by atoms with Crippen molar-refractivity contribution >= 4 is 22.6 Å². The van der Waals surface area contributed by atoms with Crippen molar-refractivity contribution in [3.8, 4) is 11.8 Å². The van der Waals surface area contributed by atoms with Crippen molar-refractivity contribution in [2.75, 3.05) is 12.8 Å². The van der Waals surface area contributed by atoms with E-state index in [1.54, 1.807) is 10.8 Å². The summed E-state index contributed by atoms with van der Waals surface area (Å²) in [5, 5.41) is 10.3. The molecular formula is C18H18N4O2. The van der Waals surface area contributed by atoms with Gasteiger partial charge in [0.1, 0.15) is 6.07 Å². The molecule has 122 valence electrons. The highest BCUT2D eigenvalue weighted by Crippen LogP contribution is 2.28. The van der Waals surface area contributed by atoms with Gasteiger partial charge in [0.05, 0.1) is 18.4 Å². The summed E-state index contributed by atoms with van der Waals surface area (Å²) in [6.45, 7) is 5.04. The SMILES string of the molecule is CCn1c(C)cc2cc(-n3cc(C#N)c(N)c3C(=O)OC)ccc21. The van der Waals surface area contributed by atoms with Crippen LogP contribution in [0.2, 0.25) is 0 Å². The second-order valence-corrected chi connectivity index (χ2v) is 5.55. The Hall–Kier alpha value is -3.20. The second kappa shape index (κ2) is 5.78. The number of methoxy groups -OCH3 is 1. The molecule has 24 heavy (non-hydrogen) atoms. The van der Waals surface area contributed by atoms with Gasteiger partial charge in [0.25, 0.3) is 0 Å². The first-order valence-electron chi connectivity index (χ1n) is 7.61. The predicted molar refractivity (Wildman–Crippen MR) is 92.1 cm³/mol. The van der Waals surface area contributed by atoms with Crippen LogP contribution >= 0.6 is 0 Å². The lowest BCUT2D eigenvalue weighted by Crippen LogP contribution is -2.11. The predicted octanol–water partition coefficient (Wildman–Crippen LogP) is 3.00. The molecule has 3 rings (SSSR count). The maximum atomic E-state index is 12.1. The lowest BCUT2D eigenvalue weighted by atomic mass is 10.2. The van der Waals surface area contributed by atoms with E-state index in [4.69, 9.17) is 10.5 Å². The zero-order valence-electron chi connectivity index (χ0n) is 13.8. The molecule has 0 fully saturated rings. The van der Waals surface area contributed by atoms with Crippen molar-refractivity contribution in [3.63, 3.8) is 0 Å². The van der Waals surface area contributed by atoms with Gasteiger partial charge in [-0.2, -0.15) is 5.26 Å². The lowest BCUT2D eigenvalue weighted by Gasteiger charge is -2.09. The van der Waals surface area contributed by atoms with E-state index in [1.807, 2.05) is 24.3 Å². The number of nitrogen functional groups attached to an aromatic ring is 1. The number of fused-ring (bicyclic) bond motifs is 1. The first-order valence-corrected chi connectivity index (χ1v) is 7.61. The molecule has 0 spiro atoms. The van der Waals surface area contributed by atoms with Crippen LogP contribution in [-0.4, -0.2) is 22.2 Å². The molecule has 2 heterocycles. The normalized spacial score (nSPS) is 10.8. The molecule has 6 nitrogen and oxygen atoms in total. The van der Waals surface area contributed by atoms with E-state index in [0.29, 0.717) is 0 Å². The molecule has 0 atom stereocenters. The Labute approximate surface area is 139 Å². The second-order valence-electron chi connectivity index (χ2n) is 5.55. The molecule has 0 amide bonds. The fraction of sp³-hybridized carbons (Fsp3) is 0.222. The van der Waals surface area contributed by atoms with Crippen LogP contribution in [0.15, 0.2) is 30.5 Å². The van der Waals surface area contributed by atoms with Crippen molar-refractivity contribution in [2.24, 2.45) is 0 Å². The summed E-state index contributed by atoms with van der Waals surface area (Å²) in [4.78, 5) is 12.1. The first kappa shape index (κ1) is 15.7. The molecule has 3 aromatic rings. The summed E-state index contributed by atoms with van der Waals surface area (Å²) in [7, 11) is 1.29. The number of nitrogens with two attached hydrogens (primary N) is 1. The smallest absolute Gasteiger partial charge is 0.357 e. The first-order chi connectivity index (χ1) is 11.5. The minimum absolute atomic E-state index is 0.131. The van der Waals surface area contributed by atoms with Gasteiger partial charge in [0.15, 0.2) is 5.69 Å². The fourth-order valence-electron chi connectivity index (χ4n) is 3.08. The van der Waals surface area contributed by atoms with Crippen molar-refractivity contribution in [1.82, 2.24) is 9.13 Å². The van der Waals surface area contributed by atoms with Gasteiger partial charge in [0.2, 0.25) is 0 Å². The van der Waals surface area contributed by atoms with Gasteiger partial charge in [0, 0.05) is 35.0 Å². The lowest BCUT2D eigenvalue weighted by molar-refractivity contribution is 0.0593. The third-order valence-electron chi connectivity index (χ3n) is 4.23. The molecule has 0 saturated heterocycles. The van der Waals surface area contributed by atoms with Gasteiger partial charge in [-0.3, -0.25) is 0 Å². The molecule has 0 aliphatic heterocycles. The topological polar surface area (TPSA) is 86.0 Å². The molecule has 0 aliphatic carbocycles. The Bertz CT molecular complexity index is 989. The Kier molecular flexibility index (Phi) is 3.78. The zero-order chi connectivity index (χ0) is 17.4. The van der Waals surface area contributed by atoms with Gasteiger partial charge < -0.3 is 19.6 Å². The monoisotopic (exact) mass is 322 g/mol. The Balaban J connectivity index is 2.24. The average Bonchev–Trinajstić information content (AvgIpc) is 3.09. The zero-order valence-corrected chi connectivity index (χ0v) is 13.8. The summed E-state index contributed by atoms with van der Waals surface area (Å²) in [6.07, 6.45) is 1.56. The molecule has 0 aliphatic rings. The van der Waals surface area contributed by atoms with E-state index >= 15 is 0 Å².